The molecule has 0 amide bonds. The van der Waals surface area contributed by atoms with Crippen LogP contribution in [-0.2, 0) is 0 Å². The van der Waals surface area contributed by atoms with Gasteiger partial charge in [0.1, 0.15) is 5.82 Å². The van der Waals surface area contributed by atoms with Gasteiger partial charge in [-0.05, 0) is 42.4 Å². The van der Waals surface area contributed by atoms with Gasteiger partial charge in [0.25, 0.3) is 0 Å². The van der Waals surface area contributed by atoms with Gasteiger partial charge in [-0.1, -0.05) is 47.8 Å². The first kappa shape index (κ1) is 12.1. The van der Waals surface area contributed by atoms with Crippen molar-refractivity contribution < 1.29 is 4.39 Å². The van der Waals surface area contributed by atoms with E-state index in [1.807, 2.05) is 19.1 Å². The second kappa shape index (κ2) is 4.87. The topological polar surface area (TPSA) is 0 Å². The SMILES string of the molecule is Cc1cc(C(Br)C2CCCC2C)ccc1F. The van der Waals surface area contributed by atoms with Crippen LogP contribution in [0.5, 0.6) is 0 Å². The highest BCUT2D eigenvalue weighted by atomic mass is 79.9. The molecule has 1 aliphatic carbocycles. The van der Waals surface area contributed by atoms with Crippen LogP contribution in [0.3, 0.4) is 0 Å². The van der Waals surface area contributed by atoms with Gasteiger partial charge in [0.05, 0.1) is 0 Å². The van der Waals surface area contributed by atoms with Gasteiger partial charge in [-0.3, -0.25) is 0 Å². The fourth-order valence-corrected chi connectivity index (χ4v) is 3.77. The van der Waals surface area contributed by atoms with Crippen LogP contribution in [0.1, 0.15) is 42.1 Å². The molecule has 2 rings (SSSR count). The molecule has 0 bridgehead atoms. The summed E-state index contributed by atoms with van der Waals surface area (Å²) in [4.78, 5) is 0.379. The van der Waals surface area contributed by atoms with Crippen LogP contribution in [0, 0.1) is 24.6 Å². The minimum absolute atomic E-state index is 0.108. The van der Waals surface area contributed by atoms with Crippen molar-refractivity contribution in [2.24, 2.45) is 11.8 Å². The number of benzene rings is 1. The number of aryl methyl sites for hydroxylation is 1. The smallest absolute Gasteiger partial charge is 0.126 e. The molecule has 0 heterocycles. The third-order valence-electron chi connectivity index (χ3n) is 3.80. The van der Waals surface area contributed by atoms with Crippen molar-refractivity contribution in [3.63, 3.8) is 0 Å². The Bertz CT molecular complexity index is 375. The lowest BCUT2D eigenvalue weighted by atomic mass is 9.90. The summed E-state index contributed by atoms with van der Waals surface area (Å²) < 4.78 is 13.2. The van der Waals surface area contributed by atoms with E-state index in [9.17, 15) is 4.39 Å². The second-order valence-electron chi connectivity index (χ2n) is 4.98. The van der Waals surface area contributed by atoms with Crippen LogP contribution in [-0.4, -0.2) is 0 Å². The highest BCUT2D eigenvalue weighted by Gasteiger charge is 2.30. The number of hydrogen-bond donors (Lipinski definition) is 0. The van der Waals surface area contributed by atoms with Crippen LogP contribution in [0.15, 0.2) is 18.2 Å². The lowest BCUT2D eigenvalue weighted by Crippen LogP contribution is -2.10. The van der Waals surface area contributed by atoms with E-state index < -0.39 is 0 Å². The molecule has 0 nitrogen and oxygen atoms in total. The third-order valence-corrected chi connectivity index (χ3v) is 5.01. The molecule has 0 aromatic heterocycles. The predicted molar refractivity (Wildman–Crippen MR) is 69.3 cm³/mol. The van der Waals surface area contributed by atoms with Gasteiger partial charge in [0.15, 0.2) is 0 Å². The molecule has 0 N–H and O–H groups in total. The number of hydrogen-bond acceptors (Lipinski definition) is 0. The molecule has 0 saturated heterocycles. The van der Waals surface area contributed by atoms with Gasteiger partial charge in [0, 0.05) is 4.83 Å². The Morgan fingerprint density at radius 2 is 2.12 bits per heavy atom. The zero-order valence-corrected chi connectivity index (χ0v) is 11.4. The summed E-state index contributed by atoms with van der Waals surface area (Å²) in [6, 6.07) is 5.46. The molecular weight excluding hydrogens is 267 g/mol. The predicted octanol–water partition coefficient (Wildman–Crippen LogP) is 5.01. The van der Waals surface area contributed by atoms with Gasteiger partial charge < -0.3 is 0 Å². The number of halogens is 2. The van der Waals surface area contributed by atoms with Crippen molar-refractivity contribution in [3.05, 3.63) is 35.1 Å². The van der Waals surface area contributed by atoms with Gasteiger partial charge in [-0.25, -0.2) is 4.39 Å². The number of alkyl halides is 1. The largest absolute Gasteiger partial charge is 0.207 e. The van der Waals surface area contributed by atoms with Crippen LogP contribution < -0.4 is 0 Å². The third kappa shape index (κ3) is 2.32. The molecule has 88 valence electrons. The molecule has 0 aliphatic heterocycles. The first-order valence-electron chi connectivity index (χ1n) is 5.99. The molecule has 3 atom stereocenters. The van der Waals surface area contributed by atoms with E-state index in [2.05, 4.69) is 22.9 Å². The van der Waals surface area contributed by atoms with Gasteiger partial charge in [0.2, 0.25) is 0 Å². The van der Waals surface area contributed by atoms with E-state index in [-0.39, 0.29) is 5.82 Å². The lowest BCUT2D eigenvalue weighted by molar-refractivity contribution is 0.414. The molecule has 16 heavy (non-hydrogen) atoms. The zero-order valence-electron chi connectivity index (χ0n) is 9.84. The Labute approximate surface area is 105 Å². The van der Waals surface area contributed by atoms with E-state index in [1.54, 1.807) is 6.07 Å². The average Bonchev–Trinajstić information content (AvgIpc) is 2.67. The molecule has 2 heteroatoms. The zero-order chi connectivity index (χ0) is 11.7. The molecule has 1 saturated carbocycles. The Morgan fingerprint density at radius 3 is 2.69 bits per heavy atom. The van der Waals surface area contributed by atoms with Gasteiger partial charge in [-0.2, -0.15) is 0 Å². The van der Waals surface area contributed by atoms with Gasteiger partial charge in [-0.15, -0.1) is 0 Å². The number of rotatable bonds is 2. The average molecular weight is 285 g/mol. The molecule has 3 unspecified atom stereocenters. The highest BCUT2D eigenvalue weighted by molar-refractivity contribution is 9.09. The van der Waals surface area contributed by atoms with Crippen molar-refractivity contribution in [2.75, 3.05) is 0 Å². The maximum Gasteiger partial charge on any atom is 0.126 e. The maximum atomic E-state index is 13.2. The van der Waals surface area contributed by atoms with Crippen LogP contribution in [0.4, 0.5) is 4.39 Å². The molecular formula is C14H18BrF. The molecule has 0 radical (unpaired) electrons. The summed E-state index contributed by atoms with van der Waals surface area (Å²) >= 11 is 3.79. The second-order valence-corrected chi connectivity index (χ2v) is 5.97. The standard InChI is InChI=1S/C14H18BrF/c1-9-4-3-5-12(9)14(15)11-6-7-13(16)10(2)8-11/h6-9,12,14H,3-5H2,1-2H3. The van der Waals surface area contributed by atoms with Crippen LogP contribution in [0.2, 0.25) is 0 Å². The van der Waals surface area contributed by atoms with Crippen LogP contribution in [0.25, 0.3) is 0 Å². The van der Waals surface area contributed by atoms with Crippen molar-refractivity contribution in [1.29, 1.82) is 0 Å². The van der Waals surface area contributed by atoms with Crippen molar-refractivity contribution >= 4 is 15.9 Å². The molecule has 1 fully saturated rings. The normalized spacial score (nSPS) is 27.0. The van der Waals surface area contributed by atoms with Crippen molar-refractivity contribution in [3.8, 4) is 0 Å². The minimum atomic E-state index is -0.108. The summed E-state index contributed by atoms with van der Waals surface area (Å²) in [5.41, 5.74) is 1.96. The Kier molecular flexibility index (Phi) is 3.68. The maximum absolute atomic E-state index is 13.2. The van der Waals surface area contributed by atoms with E-state index in [0.717, 1.165) is 11.5 Å². The molecule has 0 spiro atoms. The highest BCUT2D eigenvalue weighted by Crippen LogP contribution is 2.44. The molecule has 1 aliphatic rings. The van der Waals surface area contributed by atoms with E-state index in [0.29, 0.717) is 10.7 Å². The summed E-state index contributed by atoms with van der Waals surface area (Å²) in [5.74, 6) is 1.36. The molecule has 1 aromatic carbocycles. The van der Waals surface area contributed by atoms with Crippen molar-refractivity contribution in [1.82, 2.24) is 0 Å². The van der Waals surface area contributed by atoms with E-state index in [1.165, 1.54) is 24.8 Å². The van der Waals surface area contributed by atoms with Crippen LogP contribution >= 0.6 is 15.9 Å². The summed E-state index contributed by atoms with van der Waals surface area (Å²) in [6.45, 7) is 4.15. The summed E-state index contributed by atoms with van der Waals surface area (Å²) in [5, 5.41) is 0. The quantitative estimate of drug-likeness (QED) is 0.670. The van der Waals surface area contributed by atoms with Crippen molar-refractivity contribution in [2.45, 2.75) is 37.9 Å². The molecule has 1 aromatic rings. The Morgan fingerprint density at radius 1 is 1.38 bits per heavy atom. The summed E-state index contributed by atoms with van der Waals surface area (Å²) in [6.07, 6.45) is 3.94. The monoisotopic (exact) mass is 284 g/mol. The van der Waals surface area contributed by atoms with E-state index >= 15 is 0 Å². The fourth-order valence-electron chi connectivity index (χ4n) is 2.70. The first-order chi connectivity index (χ1) is 7.59. The Balaban J connectivity index is 2.20. The minimum Gasteiger partial charge on any atom is -0.207 e. The summed E-state index contributed by atoms with van der Waals surface area (Å²) in [7, 11) is 0. The lowest BCUT2D eigenvalue weighted by Gasteiger charge is -2.22. The Hall–Kier alpha value is -0.370. The van der Waals surface area contributed by atoms with Gasteiger partial charge >= 0.3 is 0 Å². The fraction of sp³-hybridized carbons (Fsp3) is 0.571. The first-order valence-corrected chi connectivity index (χ1v) is 6.91. The van der Waals surface area contributed by atoms with E-state index in [4.69, 9.17) is 0 Å².